The Labute approximate surface area is 139 Å². The molecule has 0 aromatic heterocycles. The average Bonchev–Trinajstić information content (AvgIpc) is 1.91. The van der Waals surface area contributed by atoms with E-state index in [2.05, 4.69) is 78.6 Å². The Bertz CT molecular complexity index is 231. The van der Waals surface area contributed by atoms with Gasteiger partial charge in [-0.15, -0.1) is 0 Å². The molecule has 0 spiro atoms. The minimum atomic E-state index is -0.950. The van der Waals surface area contributed by atoms with Gasteiger partial charge in [0.1, 0.15) is 0 Å². The van der Waals surface area contributed by atoms with Gasteiger partial charge in [0.15, 0.2) is 0 Å². The third-order valence-electron chi connectivity index (χ3n) is 3.80. The van der Waals surface area contributed by atoms with E-state index < -0.39 is 56.5 Å². The van der Waals surface area contributed by atoms with E-state index in [4.69, 9.17) is 0 Å². The van der Waals surface area contributed by atoms with Crippen molar-refractivity contribution in [3.63, 3.8) is 0 Å². The van der Waals surface area contributed by atoms with Gasteiger partial charge < -0.3 is 0 Å². The van der Waals surface area contributed by atoms with Crippen LogP contribution in [0.4, 0.5) is 0 Å². The predicted octanol–water partition coefficient (Wildman–Crippen LogP) is 5.78. The van der Waals surface area contributed by atoms with Crippen molar-refractivity contribution >= 4 is 56.5 Å². The molecular weight excluding hydrogens is 488 g/mol. The molecule has 0 saturated heterocycles. The first-order valence-corrected chi connectivity index (χ1v) is 26.5. The second-order valence-electron chi connectivity index (χ2n) is 10.5. The molecule has 0 unspecified atom stereocenters. The summed E-state index contributed by atoms with van der Waals surface area (Å²) in [7, 11) is -3.80. The summed E-state index contributed by atoms with van der Waals surface area (Å²) < 4.78 is 2.56. The summed E-state index contributed by atoms with van der Waals surface area (Å²) in [6.07, 6.45) is 0. The van der Waals surface area contributed by atoms with Crippen LogP contribution in [0.3, 0.4) is 0 Å². The summed E-state index contributed by atoms with van der Waals surface area (Å²) in [6, 6.07) is 0. The normalized spacial score (nSPS) is 15.5. The van der Waals surface area contributed by atoms with Gasteiger partial charge in [-0.05, 0) is 0 Å². The van der Waals surface area contributed by atoms with E-state index in [1.54, 1.807) is 0 Å². The molecule has 0 aromatic carbocycles. The van der Waals surface area contributed by atoms with Crippen molar-refractivity contribution in [3.05, 3.63) is 0 Å². The van der Waals surface area contributed by atoms with Gasteiger partial charge in [-0.2, -0.15) is 0 Å². The molecule has 0 heterocycles. The third-order valence-corrected chi connectivity index (χ3v) is 70.0. The number of rotatable bonds is 6. The molecule has 19 heavy (non-hydrogen) atoms. The van der Waals surface area contributed by atoms with E-state index in [0.29, 0.717) is 0 Å². The molecule has 0 nitrogen and oxygen atoms in total. The Hall–Kier alpha value is 1.79. The molecule has 0 amide bonds. The Balaban J connectivity index is 5.43. The summed E-state index contributed by atoms with van der Waals surface area (Å²) in [4.78, 5) is 0. The zero-order chi connectivity index (χ0) is 15.9. The van der Waals surface area contributed by atoms with Crippen molar-refractivity contribution in [1.82, 2.24) is 0 Å². The zero-order valence-corrected chi connectivity index (χ0v) is 23.5. The average molecular weight is 526 g/mol. The van der Waals surface area contributed by atoms with Crippen LogP contribution in [0, 0.1) is 0 Å². The number of hydrogen-bond acceptors (Lipinski definition) is 0. The molecule has 0 bridgehead atoms. The van der Waals surface area contributed by atoms with Gasteiger partial charge >= 0.3 is 141 Å². The van der Waals surface area contributed by atoms with E-state index in [1.807, 2.05) is 0 Å². The molecule has 0 aromatic rings. The first-order valence-electron chi connectivity index (χ1n) is 7.73. The first-order chi connectivity index (χ1) is 7.97. The van der Waals surface area contributed by atoms with Crippen LogP contribution in [-0.2, 0) is 0 Å². The Kier molecular flexibility index (Phi) is 7.11. The van der Waals surface area contributed by atoms with E-state index in [-0.39, 0.29) is 0 Å². The second kappa shape index (κ2) is 6.50. The fourth-order valence-corrected chi connectivity index (χ4v) is 62.9. The van der Waals surface area contributed by atoms with Crippen molar-refractivity contribution in [2.45, 2.75) is 84.0 Å². The van der Waals surface area contributed by atoms with Crippen LogP contribution in [-0.4, -0.2) is 56.5 Å². The monoisotopic (exact) mass is 526 g/mol. The second-order valence-corrected chi connectivity index (χ2v) is 47.7. The van der Waals surface area contributed by atoms with Gasteiger partial charge in [-0.1, -0.05) is 0 Å². The predicted molar refractivity (Wildman–Crippen MR) is 107 cm³/mol. The standard InChI is InChI=1S/2C7H19Si2.Pb/c2*1-8(2,3)7-9(4,5)6;/h2*7H,1-6H3;. The van der Waals surface area contributed by atoms with E-state index in [0.717, 1.165) is 0 Å². The number of hydrogen-bond donors (Lipinski definition) is 0. The first kappa shape index (κ1) is 20.8. The van der Waals surface area contributed by atoms with Gasteiger partial charge in [0, 0.05) is 0 Å². The summed E-state index contributed by atoms with van der Waals surface area (Å²) in [5.41, 5.74) is 0. The summed E-state index contributed by atoms with van der Waals surface area (Å²) in [5, 5.41) is 0. The summed E-state index contributed by atoms with van der Waals surface area (Å²) in [6.45, 7) is 31.9. The SMILES string of the molecule is C[Si](C)(C)[CH]([Pb][CH]([Si](C)(C)C)[Si](C)(C)C)[Si](C)(C)C. The van der Waals surface area contributed by atoms with Crippen molar-refractivity contribution in [2.75, 3.05) is 0 Å². The zero-order valence-electron chi connectivity index (χ0n) is 15.7. The van der Waals surface area contributed by atoms with Crippen molar-refractivity contribution in [2.24, 2.45) is 0 Å². The molecule has 0 saturated carbocycles. The van der Waals surface area contributed by atoms with Crippen LogP contribution >= 0.6 is 0 Å². The Morgan fingerprint density at radius 3 is 0.684 bits per heavy atom. The van der Waals surface area contributed by atoms with Gasteiger partial charge in [0.25, 0.3) is 0 Å². The van der Waals surface area contributed by atoms with Crippen molar-refractivity contribution < 1.29 is 0 Å². The third kappa shape index (κ3) is 7.06. The molecule has 0 rings (SSSR count). The maximum absolute atomic E-state index is 2.66. The molecule has 0 atom stereocenters. The maximum atomic E-state index is 2.66. The molecule has 2 radical (unpaired) electrons. The molecule has 0 fully saturated rings. The molecule has 0 N–H and O–H groups in total. The van der Waals surface area contributed by atoms with E-state index in [1.165, 1.54) is 5.45 Å². The molecule has 0 aliphatic rings. The minimum absolute atomic E-state index is 0.529. The van der Waals surface area contributed by atoms with Crippen LogP contribution in [0.25, 0.3) is 0 Å². The summed E-state index contributed by atoms with van der Waals surface area (Å²) >= 11 is -0.529. The fourth-order valence-electron chi connectivity index (χ4n) is 3.76. The van der Waals surface area contributed by atoms with Crippen LogP contribution in [0.1, 0.15) is 0 Å². The molecule has 114 valence electrons. The van der Waals surface area contributed by atoms with Crippen LogP contribution < -0.4 is 0 Å². The quantitative estimate of drug-likeness (QED) is 0.386. The topological polar surface area (TPSA) is 0 Å². The van der Waals surface area contributed by atoms with E-state index in [9.17, 15) is 0 Å². The van der Waals surface area contributed by atoms with Crippen LogP contribution in [0.15, 0.2) is 0 Å². The Morgan fingerprint density at radius 2 is 0.579 bits per heavy atom. The van der Waals surface area contributed by atoms with Gasteiger partial charge in [0.05, 0.1) is 0 Å². The van der Waals surface area contributed by atoms with Gasteiger partial charge in [-0.25, -0.2) is 0 Å². The van der Waals surface area contributed by atoms with Gasteiger partial charge in [-0.3, -0.25) is 0 Å². The Morgan fingerprint density at radius 1 is 0.421 bits per heavy atom. The van der Waals surface area contributed by atoms with Crippen molar-refractivity contribution in [1.29, 1.82) is 0 Å². The molecule has 5 heteroatoms. The van der Waals surface area contributed by atoms with Gasteiger partial charge in [0.2, 0.25) is 0 Å². The van der Waals surface area contributed by atoms with Crippen LogP contribution in [0.5, 0.6) is 0 Å². The molecular formula is C14H38PbSi4. The summed E-state index contributed by atoms with van der Waals surface area (Å²) in [5.74, 6) is 0. The molecule has 0 aliphatic carbocycles. The van der Waals surface area contributed by atoms with Crippen LogP contribution in [0.2, 0.25) is 84.0 Å². The van der Waals surface area contributed by atoms with E-state index >= 15 is 0 Å². The fraction of sp³-hybridized carbons (Fsp3) is 1.00. The molecule has 0 aliphatic heterocycles. The van der Waals surface area contributed by atoms with Crippen molar-refractivity contribution in [3.8, 4) is 0 Å².